The van der Waals surface area contributed by atoms with E-state index >= 15 is 0 Å². The first-order valence-corrected chi connectivity index (χ1v) is 17.9. The summed E-state index contributed by atoms with van der Waals surface area (Å²) >= 11 is 0. The number of hydrogen-bond donors (Lipinski definition) is 0. The SMILES string of the molecule is COc1cc(OC)c2cc(C(=O)C3CC[N+](C)(C(=O)c4cc5c(OC)cc(OC)cc5oc4=O)CC3C(=O)c3cc4c(OC)cc(OC)cc4oc3=O)c(=O)oc2c1. The molecule has 1 amide bonds. The molecule has 0 spiro atoms. The van der Waals surface area contributed by atoms with E-state index in [-0.39, 0.29) is 75.4 Å². The van der Waals surface area contributed by atoms with Gasteiger partial charge in [-0.15, -0.1) is 0 Å². The molecule has 0 aliphatic carbocycles. The van der Waals surface area contributed by atoms with Crippen molar-refractivity contribution < 1.29 is 60.5 Å². The molecule has 0 N–H and O–H groups in total. The minimum absolute atomic E-state index is 0.0599. The minimum Gasteiger partial charge on any atom is -0.496 e. The Labute approximate surface area is 328 Å². The van der Waals surface area contributed by atoms with Gasteiger partial charge in [0.25, 0.3) is 0 Å². The highest BCUT2D eigenvalue weighted by Gasteiger charge is 2.50. The summed E-state index contributed by atoms with van der Waals surface area (Å²) in [7, 11) is 9.99. The fraction of sp³-hybridized carbons (Fsp3) is 0.286. The quantitative estimate of drug-likeness (QED) is 0.0959. The van der Waals surface area contributed by atoms with Crippen LogP contribution in [0.4, 0.5) is 0 Å². The van der Waals surface area contributed by atoms with E-state index in [2.05, 4.69) is 0 Å². The lowest BCUT2D eigenvalue weighted by molar-refractivity contribution is -0.837. The van der Waals surface area contributed by atoms with Crippen molar-refractivity contribution in [3.8, 4) is 34.5 Å². The maximum atomic E-state index is 14.8. The first-order chi connectivity index (χ1) is 27.8. The van der Waals surface area contributed by atoms with Crippen LogP contribution < -0.4 is 45.3 Å². The smallest absolute Gasteiger partial charge is 0.353 e. The van der Waals surface area contributed by atoms with Gasteiger partial charge in [-0.1, -0.05) is 0 Å². The molecular weight excluding hydrogens is 758 g/mol. The number of amides is 1. The van der Waals surface area contributed by atoms with Gasteiger partial charge in [-0.2, -0.15) is 0 Å². The number of ether oxygens (including phenoxy) is 6. The lowest BCUT2D eigenvalue weighted by Gasteiger charge is -2.41. The van der Waals surface area contributed by atoms with Crippen LogP contribution in [0.15, 0.2) is 82.2 Å². The van der Waals surface area contributed by atoms with Crippen LogP contribution in [0, 0.1) is 11.8 Å². The van der Waals surface area contributed by atoms with Crippen molar-refractivity contribution in [2.24, 2.45) is 11.8 Å². The number of quaternary nitrogens is 1. The van der Waals surface area contributed by atoms with E-state index in [1.54, 1.807) is 18.2 Å². The predicted molar refractivity (Wildman–Crippen MR) is 207 cm³/mol. The maximum Gasteiger partial charge on any atom is 0.353 e. The molecule has 1 aliphatic heterocycles. The first kappa shape index (κ1) is 39.3. The molecule has 3 aromatic heterocycles. The molecule has 300 valence electrons. The van der Waals surface area contributed by atoms with Crippen LogP contribution in [0.1, 0.15) is 37.5 Å². The molecule has 7 rings (SSSR count). The molecule has 1 saturated heterocycles. The second-order valence-electron chi connectivity index (χ2n) is 13.9. The molecule has 0 saturated carbocycles. The molecule has 4 heterocycles. The number of carbonyl (C=O) groups excluding carboxylic acids is 3. The Kier molecular flexibility index (Phi) is 10.3. The van der Waals surface area contributed by atoms with Crippen molar-refractivity contribution in [3.05, 3.63) is 103 Å². The third-order valence-corrected chi connectivity index (χ3v) is 10.7. The molecule has 1 aliphatic rings. The molecule has 58 heavy (non-hydrogen) atoms. The van der Waals surface area contributed by atoms with Gasteiger partial charge in [0.15, 0.2) is 17.1 Å². The van der Waals surface area contributed by atoms with E-state index in [0.717, 1.165) is 0 Å². The van der Waals surface area contributed by atoms with Crippen LogP contribution in [0.2, 0.25) is 0 Å². The third kappa shape index (κ3) is 6.70. The summed E-state index contributed by atoms with van der Waals surface area (Å²) < 4.78 is 48.5. The second-order valence-corrected chi connectivity index (χ2v) is 13.9. The predicted octanol–water partition coefficient (Wildman–Crippen LogP) is 5.05. The molecule has 3 aromatic carbocycles. The summed E-state index contributed by atoms with van der Waals surface area (Å²) in [5.74, 6) is -3.19. The van der Waals surface area contributed by atoms with Gasteiger partial charge in [-0.05, 0) is 18.2 Å². The zero-order valence-corrected chi connectivity index (χ0v) is 32.5. The van der Waals surface area contributed by atoms with Gasteiger partial charge in [0.05, 0.1) is 84.9 Å². The average Bonchev–Trinajstić information content (AvgIpc) is 3.23. The Morgan fingerprint density at radius 1 is 0.517 bits per heavy atom. The minimum atomic E-state index is -1.40. The Morgan fingerprint density at radius 3 is 1.26 bits per heavy atom. The van der Waals surface area contributed by atoms with E-state index < -0.39 is 56.2 Å². The first-order valence-electron chi connectivity index (χ1n) is 17.9. The molecular formula is C42H38NO15+. The van der Waals surface area contributed by atoms with Crippen LogP contribution in [0.3, 0.4) is 0 Å². The molecule has 3 atom stereocenters. The lowest BCUT2D eigenvalue weighted by Crippen LogP contribution is -2.60. The number of benzene rings is 3. The number of ketones is 2. The van der Waals surface area contributed by atoms with Crippen molar-refractivity contribution in [2.75, 3.05) is 62.8 Å². The van der Waals surface area contributed by atoms with E-state index in [9.17, 15) is 28.8 Å². The molecule has 1 fully saturated rings. The Bertz CT molecular complexity index is 2850. The summed E-state index contributed by atoms with van der Waals surface area (Å²) in [5, 5.41) is 0.857. The van der Waals surface area contributed by atoms with Gasteiger partial charge < -0.3 is 41.7 Å². The van der Waals surface area contributed by atoms with E-state index in [1.807, 2.05) is 0 Å². The number of methoxy groups -OCH3 is 6. The average molecular weight is 797 g/mol. The Hall–Kier alpha value is -6.94. The van der Waals surface area contributed by atoms with Gasteiger partial charge in [0.2, 0.25) is 0 Å². The number of Topliss-reactive ketones (excluding diaryl/α,β-unsaturated/α-hetero) is 2. The van der Waals surface area contributed by atoms with Gasteiger partial charge in [0, 0.05) is 48.7 Å². The summed E-state index contributed by atoms with van der Waals surface area (Å²) in [6.07, 6.45) is -0.131. The molecule has 0 bridgehead atoms. The van der Waals surface area contributed by atoms with Crippen molar-refractivity contribution in [2.45, 2.75) is 6.42 Å². The number of hydrogen-bond acceptors (Lipinski definition) is 15. The van der Waals surface area contributed by atoms with Crippen molar-refractivity contribution in [3.63, 3.8) is 0 Å². The topological polar surface area (TPSA) is 197 Å². The van der Waals surface area contributed by atoms with E-state index in [1.165, 1.54) is 86.1 Å². The Morgan fingerprint density at radius 2 is 0.879 bits per heavy atom. The highest BCUT2D eigenvalue weighted by Crippen LogP contribution is 2.38. The van der Waals surface area contributed by atoms with Gasteiger partial charge in [0.1, 0.15) is 62.4 Å². The van der Waals surface area contributed by atoms with Crippen molar-refractivity contribution in [1.82, 2.24) is 0 Å². The van der Waals surface area contributed by atoms with Gasteiger partial charge >= 0.3 is 22.8 Å². The third-order valence-electron chi connectivity index (χ3n) is 10.7. The number of fused-ring (bicyclic) bond motifs is 3. The van der Waals surface area contributed by atoms with Crippen LogP contribution in [-0.4, -0.2) is 84.8 Å². The largest absolute Gasteiger partial charge is 0.496 e. The fourth-order valence-electron chi connectivity index (χ4n) is 7.57. The number of carbonyl (C=O) groups is 3. The van der Waals surface area contributed by atoms with Crippen LogP contribution >= 0.6 is 0 Å². The van der Waals surface area contributed by atoms with Crippen molar-refractivity contribution in [1.29, 1.82) is 0 Å². The molecule has 3 unspecified atom stereocenters. The normalized spacial score (nSPS) is 17.8. The monoisotopic (exact) mass is 796 g/mol. The van der Waals surface area contributed by atoms with Gasteiger partial charge in [-0.3, -0.25) is 14.1 Å². The number of piperidine rings is 1. The maximum absolute atomic E-state index is 14.8. The summed E-state index contributed by atoms with van der Waals surface area (Å²) in [6.45, 7) is -0.433. The summed E-state index contributed by atoms with van der Waals surface area (Å²) in [6, 6.07) is 13.0. The number of likely N-dealkylation sites (tertiary alicyclic amines) is 1. The molecule has 16 nitrogen and oxygen atoms in total. The lowest BCUT2D eigenvalue weighted by atomic mass is 9.75. The van der Waals surface area contributed by atoms with Crippen LogP contribution in [0.25, 0.3) is 32.9 Å². The van der Waals surface area contributed by atoms with Crippen LogP contribution in [0.5, 0.6) is 34.5 Å². The summed E-state index contributed by atoms with van der Waals surface area (Å²) in [4.78, 5) is 84.4. The Balaban J connectivity index is 1.35. The molecule has 6 aromatic rings. The van der Waals surface area contributed by atoms with Crippen molar-refractivity contribution >= 4 is 50.4 Å². The van der Waals surface area contributed by atoms with Crippen LogP contribution in [-0.2, 0) is 0 Å². The van der Waals surface area contributed by atoms with Gasteiger partial charge in [-0.25, -0.2) is 19.2 Å². The fourth-order valence-corrected chi connectivity index (χ4v) is 7.57. The standard InChI is InChI=1S/C42H38NO15/c1-43(39(46)29-18-26-33(55-7)12-22(52-4)15-36(26)58-42(29)49)9-8-23(37(44)27-16-24-31(53-5)10-20(50-2)13-34(24)56-40(27)47)30(19-43)38(45)28-17-25-32(54-6)11-21(51-3)14-35(25)57-41(28)48/h10-18,23,30H,8-9,19H2,1-7H3/q+1. The van der Waals surface area contributed by atoms with E-state index in [4.69, 9.17) is 41.7 Å². The number of nitrogens with zero attached hydrogens (tertiary/aromatic N) is 1. The highest BCUT2D eigenvalue weighted by molar-refractivity contribution is 6.07. The zero-order valence-electron chi connectivity index (χ0n) is 32.5. The van der Waals surface area contributed by atoms with E-state index in [0.29, 0.717) is 22.6 Å². The molecule has 0 radical (unpaired) electrons. The second kappa shape index (κ2) is 15.2. The zero-order chi connectivity index (χ0) is 41.6. The number of rotatable bonds is 11. The highest BCUT2D eigenvalue weighted by atomic mass is 16.5. The molecule has 16 heteroatoms. The summed E-state index contributed by atoms with van der Waals surface area (Å²) in [5.41, 5.74) is -3.83.